The van der Waals surface area contributed by atoms with Gasteiger partial charge in [0.15, 0.2) is 0 Å². The largest absolute Gasteiger partial charge is 0.389 e. The third-order valence-electron chi connectivity index (χ3n) is 1.94. The van der Waals surface area contributed by atoms with Crippen LogP contribution in [0.2, 0.25) is 0 Å². The van der Waals surface area contributed by atoms with E-state index in [4.69, 9.17) is 5.11 Å². The first kappa shape index (κ1) is 8.54. The van der Waals surface area contributed by atoms with E-state index in [0.717, 1.165) is 6.42 Å². The summed E-state index contributed by atoms with van der Waals surface area (Å²) in [5, 5.41) is 9.16. The van der Waals surface area contributed by atoms with Gasteiger partial charge in [-0.05, 0) is 17.4 Å². The minimum atomic E-state index is -0.263. The number of allylic oxidation sites excluding steroid dienone is 2. The Kier molecular flexibility index (Phi) is 2.19. The third kappa shape index (κ3) is 2.19. The van der Waals surface area contributed by atoms with E-state index in [1.54, 1.807) is 0 Å². The fourth-order valence-corrected chi connectivity index (χ4v) is 1.17. The van der Waals surface area contributed by atoms with Crippen molar-refractivity contribution in [3.8, 4) is 0 Å². The van der Waals surface area contributed by atoms with Crippen molar-refractivity contribution < 1.29 is 5.11 Å². The first-order valence-electron chi connectivity index (χ1n) is 4.07. The molecule has 0 aromatic heterocycles. The Morgan fingerprint density at radius 2 is 2.09 bits per heavy atom. The second-order valence-electron chi connectivity index (χ2n) is 4.07. The van der Waals surface area contributed by atoms with Gasteiger partial charge in [0.05, 0.1) is 6.10 Å². The maximum absolute atomic E-state index is 9.16. The van der Waals surface area contributed by atoms with Crippen molar-refractivity contribution in [3.05, 3.63) is 23.8 Å². The molecule has 0 saturated heterocycles. The molecule has 0 bridgehead atoms. The zero-order valence-corrected chi connectivity index (χ0v) is 7.46. The quantitative estimate of drug-likeness (QED) is 0.564. The summed E-state index contributed by atoms with van der Waals surface area (Å²) in [6, 6.07) is 0. The van der Waals surface area contributed by atoms with Gasteiger partial charge in [-0.1, -0.05) is 39.0 Å². The molecule has 0 unspecified atom stereocenters. The van der Waals surface area contributed by atoms with Gasteiger partial charge in [0.1, 0.15) is 0 Å². The summed E-state index contributed by atoms with van der Waals surface area (Å²) in [5.74, 6) is 0. The highest BCUT2D eigenvalue weighted by atomic mass is 16.3. The molecule has 1 atom stereocenters. The SMILES string of the molecule is CC(C)(C)C1=CC[C@H](O)C=C1. The van der Waals surface area contributed by atoms with E-state index in [9.17, 15) is 0 Å². The van der Waals surface area contributed by atoms with Crippen molar-refractivity contribution in [2.24, 2.45) is 5.41 Å². The number of hydrogen-bond donors (Lipinski definition) is 1. The van der Waals surface area contributed by atoms with Crippen LogP contribution in [0, 0.1) is 5.41 Å². The van der Waals surface area contributed by atoms with E-state index < -0.39 is 0 Å². The molecule has 62 valence electrons. The van der Waals surface area contributed by atoms with E-state index in [1.165, 1.54) is 5.57 Å². The Morgan fingerprint density at radius 1 is 1.45 bits per heavy atom. The Morgan fingerprint density at radius 3 is 2.45 bits per heavy atom. The Hall–Kier alpha value is -0.560. The molecule has 1 aliphatic carbocycles. The zero-order valence-electron chi connectivity index (χ0n) is 7.46. The molecule has 0 aliphatic heterocycles. The number of rotatable bonds is 0. The third-order valence-corrected chi connectivity index (χ3v) is 1.94. The highest BCUT2D eigenvalue weighted by molar-refractivity contribution is 5.28. The van der Waals surface area contributed by atoms with Gasteiger partial charge in [0.2, 0.25) is 0 Å². The van der Waals surface area contributed by atoms with Crippen LogP contribution in [0.5, 0.6) is 0 Å². The second-order valence-corrected chi connectivity index (χ2v) is 4.07. The fraction of sp³-hybridized carbons (Fsp3) is 0.600. The van der Waals surface area contributed by atoms with Gasteiger partial charge in [0.25, 0.3) is 0 Å². The van der Waals surface area contributed by atoms with Crippen LogP contribution in [0.15, 0.2) is 23.8 Å². The molecule has 0 radical (unpaired) electrons. The van der Waals surface area contributed by atoms with E-state index in [-0.39, 0.29) is 11.5 Å². The van der Waals surface area contributed by atoms with Gasteiger partial charge in [-0.2, -0.15) is 0 Å². The molecule has 0 aromatic rings. The van der Waals surface area contributed by atoms with Crippen molar-refractivity contribution in [1.29, 1.82) is 0 Å². The molecule has 0 fully saturated rings. The summed E-state index contributed by atoms with van der Waals surface area (Å²) in [6.45, 7) is 6.54. The van der Waals surface area contributed by atoms with Crippen LogP contribution in [0.4, 0.5) is 0 Å². The van der Waals surface area contributed by atoms with E-state index in [2.05, 4.69) is 26.8 Å². The van der Waals surface area contributed by atoms with Crippen LogP contribution in [-0.4, -0.2) is 11.2 Å². The standard InChI is InChI=1S/C10H16O/c1-10(2,3)8-4-6-9(11)7-5-8/h4-6,9,11H,7H2,1-3H3/t9-/m1/s1. The summed E-state index contributed by atoms with van der Waals surface area (Å²) in [5.41, 5.74) is 1.54. The fourth-order valence-electron chi connectivity index (χ4n) is 1.17. The smallest absolute Gasteiger partial charge is 0.0758 e. The van der Waals surface area contributed by atoms with Crippen LogP contribution in [0.3, 0.4) is 0 Å². The van der Waals surface area contributed by atoms with Gasteiger partial charge in [-0.25, -0.2) is 0 Å². The van der Waals surface area contributed by atoms with Crippen LogP contribution in [-0.2, 0) is 0 Å². The van der Waals surface area contributed by atoms with Gasteiger partial charge < -0.3 is 5.11 Å². The first-order valence-corrected chi connectivity index (χ1v) is 4.07. The normalized spacial score (nSPS) is 25.1. The molecular formula is C10H16O. The van der Waals surface area contributed by atoms with Crippen molar-refractivity contribution in [3.63, 3.8) is 0 Å². The van der Waals surface area contributed by atoms with Crippen LogP contribution < -0.4 is 0 Å². The van der Waals surface area contributed by atoms with Crippen molar-refractivity contribution >= 4 is 0 Å². The Labute approximate surface area is 68.4 Å². The van der Waals surface area contributed by atoms with Gasteiger partial charge >= 0.3 is 0 Å². The van der Waals surface area contributed by atoms with Crippen LogP contribution in [0.1, 0.15) is 27.2 Å². The molecule has 1 rings (SSSR count). The maximum Gasteiger partial charge on any atom is 0.0758 e. The second kappa shape index (κ2) is 2.82. The van der Waals surface area contributed by atoms with E-state index in [1.807, 2.05) is 12.2 Å². The van der Waals surface area contributed by atoms with Crippen molar-refractivity contribution in [2.45, 2.75) is 33.3 Å². The highest BCUT2D eigenvalue weighted by Gasteiger charge is 2.16. The predicted octanol–water partition coefficient (Wildman–Crippen LogP) is 2.28. The topological polar surface area (TPSA) is 20.2 Å². The molecule has 1 nitrogen and oxygen atoms in total. The molecule has 0 heterocycles. The average molecular weight is 152 g/mol. The molecule has 0 amide bonds. The molecule has 0 aromatic carbocycles. The van der Waals surface area contributed by atoms with E-state index in [0.29, 0.717) is 0 Å². The highest BCUT2D eigenvalue weighted by Crippen LogP contribution is 2.28. The summed E-state index contributed by atoms with van der Waals surface area (Å²) in [6.07, 6.45) is 6.50. The molecule has 1 N–H and O–H groups in total. The summed E-state index contributed by atoms with van der Waals surface area (Å²) >= 11 is 0. The lowest BCUT2D eigenvalue weighted by Crippen LogP contribution is -2.13. The van der Waals surface area contributed by atoms with Crippen LogP contribution in [0.25, 0.3) is 0 Å². The van der Waals surface area contributed by atoms with Gasteiger partial charge in [-0.3, -0.25) is 0 Å². The Balaban J connectivity index is 2.71. The lowest BCUT2D eigenvalue weighted by Gasteiger charge is -2.23. The molecule has 1 heteroatoms. The molecule has 0 saturated carbocycles. The van der Waals surface area contributed by atoms with Gasteiger partial charge in [-0.15, -0.1) is 0 Å². The van der Waals surface area contributed by atoms with Gasteiger partial charge in [0, 0.05) is 0 Å². The predicted molar refractivity (Wildman–Crippen MR) is 47.3 cm³/mol. The van der Waals surface area contributed by atoms with Crippen molar-refractivity contribution in [1.82, 2.24) is 0 Å². The van der Waals surface area contributed by atoms with Crippen molar-refractivity contribution in [2.75, 3.05) is 0 Å². The number of hydrogen-bond acceptors (Lipinski definition) is 1. The number of aliphatic hydroxyl groups excluding tert-OH is 1. The average Bonchev–Trinajstić information content (AvgIpc) is 1.86. The molecular weight excluding hydrogens is 136 g/mol. The lowest BCUT2D eigenvalue weighted by atomic mass is 9.83. The summed E-state index contributed by atoms with van der Waals surface area (Å²) < 4.78 is 0. The minimum absolute atomic E-state index is 0.219. The van der Waals surface area contributed by atoms with Crippen LogP contribution >= 0.6 is 0 Å². The summed E-state index contributed by atoms with van der Waals surface area (Å²) in [7, 11) is 0. The summed E-state index contributed by atoms with van der Waals surface area (Å²) in [4.78, 5) is 0. The minimum Gasteiger partial charge on any atom is -0.389 e. The maximum atomic E-state index is 9.16. The monoisotopic (exact) mass is 152 g/mol. The molecule has 11 heavy (non-hydrogen) atoms. The lowest BCUT2D eigenvalue weighted by molar-refractivity contribution is 0.224. The molecule has 1 aliphatic rings. The molecule has 0 spiro atoms. The first-order chi connectivity index (χ1) is 5.00. The van der Waals surface area contributed by atoms with E-state index >= 15 is 0 Å². The number of aliphatic hydroxyl groups is 1. The zero-order chi connectivity index (χ0) is 8.48. The Bertz CT molecular complexity index is 193.